The standard InChI is InChI=1S/C27H29NO4/c1-7-32-27(30)22-16(5)28-25-17-10-8-9-11-18(17)26(29)24(25)23(22)20-13-19(14(2)3)21(31-6)12-15(20)4/h8-14,23,28H,7H2,1-6H3/t23-/m1/s1. The molecule has 0 bridgehead atoms. The second-order valence-corrected chi connectivity index (χ2v) is 8.59. The van der Waals surface area contributed by atoms with Crippen LogP contribution in [-0.4, -0.2) is 25.5 Å². The Labute approximate surface area is 189 Å². The summed E-state index contributed by atoms with van der Waals surface area (Å²) in [4.78, 5) is 26.7. The lowest BCUT2D eigenvalue weighted by Gasteiger charge is -2.31. The maximum absolute atomic E-state index is 13.6. The third kappa shape index (κ3) is 3.32. The maximum Gasteiger partial charge on any atom is 0.336 e. The Morgan fingerprint density at radius 3 is 2.44 bits per heavy atom. The number of ether oxygens (including phenoxy) is 2. The molecule has 4 rings (SSSR count). The molecule has 166 valence electrons. The van der Waals surface area contributed by atoms with E-state index in [2.05, 4.69) is 25.2 Å². The number of benzene rings is 2. The van der Waals surface area contributed by atoms with Gasteiger partial charge in [-0.25, -0.2) is 4.79 Å². The molecule has 1 aliphatic carbocycles. The van der Waals surface area contributed by atoms with Crippen LogP contribution in [0.1, 0.15) is 72.1 Å². The van der Waals surface area contributed by atoms with Crippen LogP contribution in [0.2, 0.25) is 0 Å². The summed E-state index contributed by atoms with van der Waals surface area (Å²) in [6.07, 6.45) is 0. The fraction of sp³-hybridized carbons (Fsp3) is 0.333. The number of ketones is 1. The first-order chi connectivity index (χ1) is 15.3. The minimum absolute atomic E-state index is 0.0521. The van der Waals surface area contributed by atoms with E-state index in [0.717, 1.165) is 33.7 Å². The van der Waals surface area contributed by atoms with Crippen LogP contribution in [0.25, 0.3) is 5.70 Å². The maximum atomic E-state index is 13.6. The summed E-state index contributed by atoms with van der Waals surface area (Å²) in [5.74, 6) is 0.0484. The van der Waals surface area contributed by atoms with Gasteiger partial charge >= 0.3 is 5.97 Å². The van der Waals surface area contributed by atoms with E-state index in [9.17, 15) is 9.59 Å². The number of aryl methyl sites for hydroxylation is 1. The first-order valence-corrected chi connectivity index (χ1v) is 11.0. The normalized spacial score (nSPS) is 17.3. The van der Waals surface area contributed by atoms with Gasteiger partial charge < -0.3 is 14.8 Å². The predicted octanol–water partition coefficient (Wildman–Crippen LogP) is 5.26. The zero-order valence-electron chi connectivity index (χ0n) is 19.5. The summed E-state index contributed by atoms with van der Waals surface area (Å²) in [6, 6.07) is 11.7. The number of nitrogens with one attached hydrogen (secondary N) is 1. The number of rotatable bonds is 5. The number of methoxy groups -OCH3 is 1. The minimum atomic E-state index is -0.520. The highest BCUT2D eigenvalue weighted by Crippen LogP contribution is 2.48. The number of fused-ring (bicyclic) bond motifs is 2. The lowest BCUT2D eigenvalue weighted by Crippen LogP contribution is -2.30. The van der Waals surface area contributed by atoms with E-state index in [1.165, 1.54) is 0 Å². The summed E-state index contributed by atoms with van der Waals surface area (Å²) in [5.41, 5.74) is 7.02. The Bertz CT molecular complexity index is 1190. The highest BCUT2D eigenvalue weighted by atomic mass is 16.5. The molecule has 1 heterocycles. The molecule has 2 aliphatic rings. The Hall–Kier alpha value is -3.34. The van der Waals surface area contributed by atoms with Gasteiger partial charge in [-0.15, -0.1) is 0 Å². The molecule has 1 N–H and O–H groups in total. The van der Waals surface area contributed by atoms with Gasteiger partial charge in [-0.1, -0.05) is 44.2 Å². The fourth-order valence-corrected chi connectivity index (χ4v) is 4.77. The van der Waals surface area contributed by atoms with Crippen LogP contribution in [0.3, 0.4) is 0 Å². The van der Waals surface area contributed by atoms with Crippen LogP contribution >= 0.6 is 0 Å². The average molecular weight is 432 g/mol. The van der Waals surface area contributed by atoms with Crippen LogP contribution in [0.15, 0.2) is 53.2 Å². The van der Waals surface area contributed by atoms with Gasteiger partial charge in [-0.05, 0) is 49.4 Å². The van der Waals surface area contributed by atoms with Gasteiger partial charge in [-0.3, -0.25) is 4.79 Å². The third-order valence-corrected chi connectivity index (χ3v) is 6.30. The van der Waals surface area contributed by atoms with Crippen molar-refractivity contribution in [3.63, 3.8) is 0 Å². The van der Waals surface area contributed by atoms with Crippen LogP contribution < -0.4 is 10.1 Å². The van der Waals surface area contributed by atoms with Crippen molar-refractivity contribution in [1.29, 1.82) is 0 Å². The van der Waals surface area contributed by atoms with Gasteiger partial charge in [0, 0.05) is 28.3 Å². The minimum Gasteiger partial charge on any atom is -0.496 e. The van der Waals surface area contributed by atoms with Crippen molar-refractivity contribution in [3.05, 3.63) is 81.1 Å². The first kappa shape index (κ1) is 21.9. The lowest BCUT2D eigenvalue weighted by atomic mass is 9.77. The zero-order valence-corrected chi connectivity index (χ0v) is 19.5. The quantitative estimate of drug-likeness (QED) is 0.655. The van der Waals surface area contributed by atoms with Crippen molar-refractivity contribution in [2.75, 3.05) is 13.7 Å². The van der Waals surface area contributed by atoms with Crippen molar-refractivity contribution in [2.45, 2.75) is 46.5 Å². The van der Waals surface area contributed by atoms with Crippen molar-refractivity contribution in [2.24, 2.45) is 0 Å². The molecule has 0 aromatic heterocycles. The van der Waals surface area contributed by atoms with E-state index in [-0.39, 0.29) is 18.3 Å². The smallest absolute Gasteiger partial charge is 0.336 e. The summed E-state index contributed by atoms with van der Waals surface area (Å²) >= 11 is 0. The highest BCUT2D eigenvalue weighted by molar-refractivity contribution is 6.23. The van der Waals surface area contributed by atoms with E-state index in [0.29, 0.717) is 22.4 Å². The molecule has 5 heteroatoms. The topological polar surface area (TPSA) is 64.6 Å². The molecule has 0 radical (unpaired) electrons. The number of allylic oxidation sites excluding steroid dienone is 2. The van der Waals surface area contributed by atoms with E-state index < -0.39 is 11.9 Å². The van der Waals surface area contributed by atoms with Crippen LogP contribution in [0.5, 0.6) is 5.75 Å². The SMILES string of the molecule is CCOC(=O)C1=C(C)NC2=C(C(=O)c3ccccc32)[C@@H]1c1cc(C(C)C)c(OC)cc1C. The number of hydrogen-bond donors (Lipinski definition) is 1. The van der Waals surface area contributed by atoms with Crippen LogP contribution in [0.4, 0.5) is 0 Å². The number of Topliss-reactive ketones (excluding diaryl/α,β-unsaturated/α-hetero) is 1. The number of esters is 1. The molecule has 0 fully saturated rings. The van der Waals surface area contributed by atoms with E-state index >= 15 is 0 Å². The zero-order chi connectivity index (χ0) is 23.2. The van der Waals surface area contributed by atoms with Crippen molar-refractivity contribution in [3.8, 4) is 5.75 Å². The predicted molar refractivity (Wildman–Crippen MR) is 125 cm³/mol. The molecular weight excluding hydrogens is 402 g/mol. The van der Waals surface area contributed by atoms with Gasteiger partial charge in [0.1, 0.15) is 5.75 Å². The highest BCUT2D eigenvalue weighted by Gasteiger charge is 2.43. The van der Waals surface area contributed by atoms with Gasteiger partial charge in [0.2, 0.25) is 0 Å². The second-order valence-electron chi connectivity index (χ2n) is 8.59. The molecule has 2 aromatic rings. The Morgan fingerprint density at radius 2 is 1.81 bits per heavy atom. The third-order valence-electron chi connectivity index (χ3n) is 6.30. The summed E-state index contributed by atoms with van der Waals surface area (Å²) in [7, 11) is 1.66. The number of carbonyl (C=O) groups excluding carboxylic acids is 2. The fourth-order valence-electron chi connectivity index (χ4n) is 4.77. The van der Waals surface area contributed by atoms with Crippen molar-refractivity contribution >= 4 is 17.4 Å². The monoisotopic (exact) mass is 431 g/mol. The number of dihydropyridines is 1. The molecule has 0 spiro atoms. The summed E-state index contributed by atoms with van der Waals surface area (Å²) in [6.45, 7) is 10.1. The molecule has 5 nitrogen and oxygen atoms in total. The van der Waals surface area contributed by atoms with Crippen LogP contribution in [-0.2, 0) is 9.53 Å². The van der Waals surface area contributed by atoms with E-state index in [1.54, 1.807) is 14.0 Å². The average Bonchev–Trinajstić information content (AvgIpc) is 3.04. The summed E-state index contributed by atoms with van der Waals surface area (Å²) < 4.78 is 11.1. The molecule has 1 aliphatic heterocycles. The Morgan fingerprint density at radius 1 is 1.12 bits per heavy atom. The van der Waals surface area contributed by atoms with Gasteiger partial charge in [0.25, 0.3) is 0 Å². The Kier molecular flexibility index (Phi) is 5.68. The number of carbonyl (C=O) groups is 2. The first-order valence-electron chi connectivity index (χ1n) is 11.0. The summed E-state index contributed by atoms with van der Waals surface area (Å²) in [5, 5.41) is 3.35. The van der Waals surface area contributed by atoms with Gasteiger partial charge in [0.15, 0.2) is 5.78 Å². The largest absolute Gasteiger partial charge is 0.496 e. The molecule has 32 heavy (non-hydrogen) atoms. The molecular formula is C27H29NO4. The molecule has 0 saturated carbocycles. The van der Waals surface area contributed by atoms with E-state index in [4.69, 9.17) is 9.47 Å². The second kappa shape index (κ2) is 8.30. The molecule has 0 amide bonds. The Balaban J connectivity index is 1.99. The van der Waals surface area contributed by atoms with Gasteiger partial charge in [-0.2, -0.15) is 0 Å². The lowest BCUT2D eigenvalue weighted by molar-refractivity contribution is -0.138. The number of hydrogen-bond acceptors (Lipinski definition) is 5. The van der Waals surface area contributed by atoms with Crippen LogP contribution in [0, 0.1) is 6.92 Å². The van der Waals surface area contributed by atoms with Gasteiger partial charge in [0.05, 0.1) is 25.0 Å². The molecule has 2 aromatic carbocycles. The molecule has 0 unspecified atom stereocenters. The van der Waals surface area contributed by atoms with Crippen molar-refractivity contribution < 1.29 is 19.1 Å². The van der Waals surface area contributed by atoms with Crippen molar-refractivity contribution in [1.82, 2.24) is 5.32 Å². The molecule has 0 saturated heterocycles. The van der Waals surface area contributed by atoms with E-state index in [1.807, 2.05) is 44.2 Å². The molecule has 1 atom stereocenters.